The molecule has 0 spiro atoms. The molecule has 7 nitrogen and oxygen atoms in total. The SMILES string of the molecule is C=CCC1C=CN=C(C(=O)C(=O)O)C1[N+](=O)[O-]. The van der Waals surface area contributed by atoms with E-state index >= 15 is 0 Å². The molecule has 0 saturated carbocycles. The van der Waals surface area contributed by atoms with Crippen LogP contribution >= 0.6 is 0 Å². The molecule has 1 aliphatic heterocycles. The standard InChI is InChI=1S/C10H10N2O5/c1-2-3-6-4-5-11-7(8(6)12(16)17)9(13)10(14)15/h2,4-6,8H,1,3H2,(H,14,15). The van der Waals surface area contributed by atoms with Crippen LogP contribution in [-0.2, 0) is 9.59 Å². The maximum Gasteiger partial charge on any atom is 0.378 e. The monoisotopic (exact) mass is 238 g/mol. The molecule has 7 heteroatoms. The minimum Gasteiger partial charge on any atom is -0.475 e. The Hall–Kier alpha value is -2.31. The Kier molecular flexibility index (Phi) is 3.86. The summed E-state index contributed by atoms with van der Waals surface area (Å²) in [6.45, 7) is 3.46. The van der Waals surface area contributed by atoms with E-state index < -0.39 is 34.3 Å². The van der Waals surface area contributed by atoms with Crippen LogP contribution in [0.1, 0.15) is 6.42 Å². The van der Waals surface area contributed by atoms with Crippen LogP contribution in [-0.4, -0.2) is 33.5 Å². The van der Waals surface area contributed by atoms with Gasteiger partial charge < -0.3 is 5.11 Å². The van der Waals surface area contributed by atoms with Crippen LogP contribution in [0, 0.1) is 16.0 Å². The average molecular weight is 238 g/mol. The molecular formula is C10H10N2O5. The van der Waals surface area contributed by atoms with Gasteiger partial charge in [0.1, 0.15) is 0 Å². The maximum atomic E-state index is 11.3. The van der Waals surface area contributed by atoms with Gasteiger partial charge in [-0.15, -0.1) is 6.58 Å². The Balaban J connectivity index is 3.10. The number of allylic oxidation sites excluding steroid dienone is 1. The van der Waals surface area contributed by atoms with Crippen LogP contribution in [0.3, 0.4) is 0 Å². The van der Waals surface area contributed by atoms with Crippen LogP contribution in [0.4, 0.5) is 0 Å². The second-order valence-electron chi connectivity index (χ2n) is 3.41. The van der Waals surface area contributed by atoms with E-state index in [4.69, 9.17) is 5.11 Å². The van der Waals surface area contributed by atoms with Crippen LogP contribution in [0.25, 0.3) is 0 Å². The Morgan fingerprint density at radius 3 is 2.76 bits per heavy atom. The normalized spacial score (nSPS) is 22.7. The Bertz CT molecular complexity index is 438. The lowest BCUT2D eigenvalue weighted by Crippen LogP contribution is -2.44. The van der Waals surface area contributed by atoms with Gasteiger partial charge in [0.05, 0.1) is 5.92 Å². The zero-order valence-corrected chi connectivity index (χ0v) is 8.78. The number of nitrogens with zero attached hydrogens (tertiary/aromatic N) is 2. The topological polar surface area (TPSA) is 110 Å². The fraction of sp³-hybridized carbons (Fsp3) is 0.300. The average Bonchev–Trinajstić information content (AvgIpc) is 2.27. The van der Waals surface area contributed by atoms with Gasteiger partial charge in [0, 0.05) is 11.1 Å². The lowest BCUT2D eigenvalue weighted by Gasteiger charge is -2.19. The van der Waals surface area contributed by atoms with Gasteiger partial charge in [0.2, 0.25) is 0 Å². The molecule has 0 fully saturated rings. The van der Waals surface area contributed by atoms with Crippen LogP contribution in [0.2, 0.25) is 0 Å². The lowest BCUT2D eigenvalue weighted by molar-refractivity contribution is -0.509. The van der Waals surface area contributed by atoms with Gasteiger partial charge in [-0.1, -0.05) is 12.2 Å². The number of hydrogen-bond donors (Lipinski definition) is 1. The number of hydrogen-bond acceptors (Lipinski definition) is 5. The number of carbonyl (C=O) groups excluding carboxylic acids is 1. The smallest absolute Gasteiger partial charge is 0.378 e. The molecule has 17 heavy (non-hydrogen) atoms. The molecule has 0 radical (unpaired) electrons. The number of Topliss-reactive ketones (excluding diaryl/α,β-unsaturated/α-hetero) is 1. The molecule has 2 atom stereocenters. The Morgan fingerprint density at radius 1 is 1.65 bits per heavy atom. The highest BCUT2D eigenvalue weighted by atomic mass is 16.6. The first kappa shape index (κ1) is 12.8. The number of rotatable bonds is 5. The van der Waals surface area contributed by atoms with Crippen molar-refractivity contribution in [2.24, 2.45) is 10.9 Å². The summed E-state index contributed by atoms with van der Waals surface area (Å²) < 4.78 is 0. The largest absolute Gasteiger partial charge is 0.475 e. The molecule has 0 aromatic rings. The Labute approximate surface area is 96.3 Å². The lowest BCUT2D eigenvalue weighted by atomic mass is 9.89. The second-order valence-corrected chi connectivity index (χ2v) is 3.41. The van der Waals surface area contributed by atoms with Crippen molar-refractivity contribution in [3.05, 3.63) is 35.0 Å². The van der Waals surface area contributed by atoms with Crippen molar-refractivity contribution in [1.29, 1.82) is 0 Å². The van der Waals surface area contributed by atoms with Crippen molar-refractivity contribution in [3.63, 3.8) is 0 Å². The summed E-state index contributed by atoms with van der Waals surface area (Å²) in [5, 5.41) is 19.4. The Morgan fingerprint density at radius 2 is 2.29 bits per heavy atom. The molecule has 90 valence electrons. The number of carboxylic acid groups (broad SMARTS) is 1. The molecule has 0 amide bonds. The fourth-order valence-corrected chi connectivity index (χ4v) is 1.58. The van der Waals surface area contributed by atoms with E-state index in [0.29, 0.717) is 0 Å². The predicted molar refractivity (Wildman–Crippen MR) is 58.3 cm³/mol. The highest BCUT2D eigenvalue weighted by Crippen LogP contribution is 2.20. The van der Waals surface area contributed by atoms with E-state index in [9.17, 15) is 19.7 Å². The van der Waals surface area contributed by atoms with Gasteiger partial charge in [-0.05, 0) is 6.42 Å². The zero-order chi connectivity index (χ0) is 13.0. The third kappa shape index (κ3) is 2.63. The second kappa shape index (κ2) is 5.15. The van der Waals surface area contributed by atoms with E-state index in [0.717, 1.165) is 0 Å². The predicted octanol–water partition coefficient (Wildman–Crippen LogP) is 0.446. The molecule has 0 aromatic carbocycles. The molecule has 0 bridgehead atoms. The van der Waals surface area contributed by atoms with Gasteiger partial charge in [-0.2, -0.15) is 0 Å². The minimum atomic E-state index is -1.75. The number of carbonyl (C=O) groups is 2. The zero-order valence-electron chi connectivity index (χ0n) is 8.78. The highest BCUT2D eigenvalue weighted by Gasteiger charge is 2.41. The van der Waals surface area contributed by atoms with Gasteiger partial charge in [0.25, 0.3) is 11.8 Å². The number of carboxylic acids is 1. The van der Waals surface area contributed by atoms with Crippen molar-refractivity contribution < 1.29 is 19.6 Å². The van der Waals surface area contributed by atoms with E-state index in [1.165, 1.54) is 18.4 Å². The minimum absolute atomic E-state index is 0.272. The van der Waals surface area contributed by atoms with Gasteiger partial charge >= 0.3 is 5.97 Å². The van der Waals surface area contributed by atoms with Crippen LogP contribution in [0.5, 0.6) is 0 Å². The summed E-state index contributed by atoms with van der Waals surface area (Å²) in [7, 11) is 0. The number of aliphatic carboxylic acids is 1. The third-order valence-corrected chi connectivity index (χ3v) is 2.33. The molecular weight excluding hydrogens is 228 g/mol. The molecule has 1 aliphatic rings. The summed E-state index contributed by atoms with van der Waals surface area (Å²) in [5.41, 5.74) is -0.545. The molecule has 0 aromatic heterocycles. The van der Waals surface area contributed by atoms with Crippen LogP contribution in [0.15, 0.2) is 29.9 Å². The molecule has 1 rings (SSSR count). The maximum absolute atomic E-state index is 11.3. The first-order valence-corrected chi connectivity index (χ1v) is 4.75. The van der Waals surface area contributed by atoms with Gasteiger partial charge in [0.15, 0.2) is 5.71 Å². The van der Waals surface area contributed by atoms with Crippen molar-refractivity contribution >= 4 is 17.5 Å². The van der Waals surface area contributed by atoms with Crippen molar-refractivity contribution in [1.82, 2.24) is 0 Å². The van der Waals surface area contributed by atoms with E-state index in [1.54, 1.807) is 0 Å². The molecule has 1 N–H and O–H groups in total. The number of nitro groups is 1. The van der Waals surface area contributed by atoms with Gasteiger partial charge in [-0.3, -0.25) is 19.9 Å². The number of aliphatic imine (C=N–C) groups is 1. The fourth-order valence-electron chi connectivity index (χ4n) is 1.58. The third-order valence-electron chi connectivity index (χ3n) is 2.33. The summed E-state index contributed by atoms with van der Waals surface area (Å²) in [4.78, 5) is 35.5. The summed E-state index contributed by atoms with van der Waals surface area (Å²) in [6, 6.07) is -1.43. The quantitative estimate of drug-likeness (QED) is 0.323. The van der Waals surface area contributed by atoms with Gasteiger partial charge in [-0.25, -0.2) is 4.79 Å². The van der Waals surface area contributed by atoms with Crippen molar-refractivity contribution in [3.8, 4) is 0 Å². The molecule has 1 heterocycles. The first-order valence-electron chi connectivity index (χ1n) is 4.75. The summed E-state index contributed by atoms with van der Waals surface area (Å²) >= 11 is 0. The molecule has 2 unspecified atom stereocenters. The number of ketones is 1. The summed E-state index contributed by atoms with van der Waals surface area (Å²) in [5.74, 6) is -3.69. The van der Waals surface area contributed by atoms with E-state index in [2.05, 4.69) is 11.6 Å². The van der Waals surface area contributed by atoms with Crippen LogP contribution < -0.4 is 0 Å². The van der Waals surface area contributed by atoms with Crippen molar-refractivity contribution in [2.75, 3.05) is 0 Å². The van der Waals surface area contributed by atoms with Crippen molar-refractivity contribution in [2.45, 2.75) is 12.5 Å². The highest BCUT2D eigenvalue weighted by molar-refractivity contribution is 6.64. The summed E-state index contributed by atoms with van der Waals surface area (Å²) in [6.07, 6.45) is 4.42. The molecule has 0 saturated heterocycles. The molecule has 0 aliphatic carbocycles. The first-order chi connectivity index (χ1) is 7.99. The van der Waals surface area contributed by atoms with E-state index in [-0.39, 0.29) is 6.42 Å². The van der Waals surface area contributed by atoms with E-state index in [1.807, 2.05) is 0 Å².